The molecule has 0 unspecified atom stereocenters. The topological polar surface area (TPSA) is 95.1 Å². The summed E-state index contributed by atoms with van der Waals surface area (Å²) in [6, 6.07) is 7.37. The molecule has 0 aliphatic rings. The Hall–Kier alpha value is -2.74. The Morgan fingerprint density at radius 1 is 1.26 bits per heavy atom. The maximum absolute atomic E-state index is 11.1. The van der Waals surface area contributed by atoms with Crippen molar-refractivity contribution in [2.75, 3.05) is 43.1 Å². The van der Waals surface area contributed by atoms with Gasteiger partial charge in [-0.25, -0.2) is 0 Å². The standard InChI is InChI=1S/C15H21N7O/c1-11(23)18-12-5-4-6-13(9-12)19-14-10-17-21-15(20-14)16-7-8-22(2)3/h4-6,9-10H,7-8H2,1-3H3,(H,18,23)(H2,16,19,20,21). The van der Waals surface area contributed by atoms with Crippen LogP contribution in [0.5, 0.6) is 0 Å². The quantitative estimate of drug-likeness (QED) is 0.713. The van der Waals surface area contributed by atoms with E-state index in [0.717, 1.165) is 18.8 Å². The highest BCUT2D eigenvalue weighted by molar-refractivity contribution is 5.89. The normalized spacial score (nSPS) is 10.4. The molecule has 0 saturated heterocycles. The molecule has 0 radical (unpaired) electrons. The van der Waals surface area contributed by atoms with E-state index < -0.39 is 0 Å². The third kappa shape index (κ3) is 5.87. The maximum atomic E-state index is 11.1. The third-order valence-electron chi connectivity index (χ3n) is 2.86. The number of nitrogens with zero attached hydrogens (tertiary/aromatic N) is 4. The average Bonchev–Trinajstić information content (AvgIpc) is 2.47. The summed E-state index contributed by atoms with van der Waals surface area (Å²) in [5.74, 6) is 0.931. The molecule has 1 aromatic carbocycles. The van der Waals surface area contributed by atoms with Crippen LogP contribution in [0.1, 0.15) is 6.92 Å². The number of rotatable bonds is 7. The molecule has 1 amide bonds. The Morgan fingerprint density at radius 3 is 2.78 bits per heavy atom. The van der Waals surface area contributed by atoms with Crippen molar-refractivity contribution < 1.29 is 4.79 Å². The minimum Gasteiger partial charge on any atom is -0.352 e. The van der Waals surface area contributed by atoms with Gasteiger partial charge in [-0.05, 0) is 32.3 Å². The van der Waals surface area contributed by atoms with E-state index in [1.807, 2.05) is 38.4 Å². The van der Waals surface area contributed by atoms with Crippen molar-refractivity contribution in [2.45, 2.75) is 6.92 Å². The number of carbonyl (C=O) groups is 1. The van der Waals surface area contributed by atoms with Crippen LogP contribution < -0.4 is 16.0 Å². The number of aromatic nitrogens is 3. The number of likely N-dealkylation sites (N-methyl/N-ethyl adjacent to an activating group) is 1. The molecule has 0 aliphatic heterocycles. The third-order valence-corrected chi connectivity index (χ3v) is 2.86. The van der Waals surface area contributed by atoms with E-state index in [1.54, 1.807) is 6.20 Å². The van der Waals surface area contributed by atoms with Crippen molar-refractivity contribution in [2.24, 2.45) is 0 Å². The lowest BCUT2D eigenvalue weighted by Gasteiger charge is -2.11. The number of nitrogens with one attached hydrogen (secondary N) is 3. The molecule has 0 atom stereocenters. The van der Waals surface area contributed by atoms with E-state index in [-0.39, 0.29) is 5.91 Å². The summed E-state index contributed by atoms with van der Waals surface area (Å²) < 4.78 is 0. The van der Waals surface area contributed by atoms with Crippen LogP contribution in [-0.4, -0.2) is 53.2 Å². The number of hydrogen-bond acceptors (Lipinski definition) is 7. The van der Waals surface area contributed by atoms with Crippen molar-refractivity contribution >= 4 is 29.0 Å². The Labute approximate surface area is 135 Å². The number of hydrogen-bond donors (Lipinski definition) is 3. The number of carbonyl (C=O) groups excluding carboxylic acids is 1. The summed E-state index contributed by atoms with van der Waals surface area (Å²) in [6.45, 7) is 3.08. The molecule has 0 bridgehead atoms. The average molecular weight is 315 g/mol. The number of benzene rings is 1. The van der Waals surface area contributed by atoms with Crippen molar-refractivity contribution in [3.8, 4) is 0 Å². The van der Waals surface area contributed by atoms with Crippen LogP contribution in [0, 0.1) is 0 Å². The fourth-order valence-corrected chi connectivity index (χ4v) is 1.86. The highest BCUT2D eigenvalue weighted by Gasteiger charge is 2.03. The molecule has 122 valence electrons. The summed E-state index contributed by atoms with van der Waals surface area (Å²) in [6.07, 6.45) is 1.54. The van der Waals surface area contributed by atoms with E-state index in [4.69, 9.17) is 0 Å². The zero-order chi connectivity index (χ0) is 16.7. The summed E-state index contributed by atoms with van der Waals surface area (Å²) >= 11 is 0. The first kappa shape index (κ1) is 16.6. The monoisotopic (exact) mass is 315 g/mol. The van der Waals surface area contributed by atoms with Crippen molar-refractivity contribution in [1.29, 1.82) is 0 Å². The summed E-state index contributed by atoms with van der Waals surface area (Å²) in [5, 5.41) is 16.9. The zero-order valence-electron chi connectivity index (χ0n) is 13.5. The van der Waals surface area contributed by atoms with Crippen LogP contribution in [0.2, 0.25) is 0 Å². The summed E-state index contributed by atoms with van der Waals surface area (Å²) in [7, 11) is 4.00. The Morgan fingerprint density at radius 2 is 2.04 bits per heavy atom. The van der Waals surface area contributed by atoms with Gasteiger partial charge in [0.25, 0.3) is 0 Å². The predicted octanol–water partition coefficient (Wildman–Crippen LogP) is 1.55. The van der Waals surface area contributed by atoms with Gasteiger partial charge in [-0.3, -0.25) is 4.79 Å². The van der Waals surface area contributed by atoms with Gasteiger partial charge in [0, 0.05) is 31.4 Å². The first-order chi connectivity index (χ1) is 11.0. The van der Waals surface area contributed by atoms with Crippen LogP contribution >= 0.6 is 0 Å². The fourth-order valence-electron chi connectivity index (χ4n) is 1.86. The Balaban J connectivity index is 2.01. The molecular formula is C15H21N7O. The molecule has 0 aliphatic carbocycles. The summed E-state index contributed by atoms with van der Waals surface area (Å²) in [5.41, 5.74) is 1.52. The molecule has 1 aromatic heterocycles. The number of anilines is 4. The van der Waals surface area contributed by atoms with Crippen LogP contribution in [0.15, 0.2) is 30.5 Å². The minimum atomic E-state index is -0.113. The second-order valence-electron chi connectivity index (χ2n) is 5.28. The van der Waals surface area contributed by atoms with Gasteiger partial charge < -0.3 is 20.9 Å². The molecular weight excluding hydrogens is 294 g/mol. The lowest BCUT2D eigenvalue weighted by Crippen LogP contribution is -2.21. The molecule has 3 N–H and O–H groups in total. The molecule has 0 fully saturated rings. The van der Waals surface area contributed by atoms with Crippen LogP contribution in [0.4, 0.5) is 23.1 Å². The van der Waals surface area contributed by atoms with Gasteiger partial charge in [-0.2, -0.15) is 10.1 Å². The Kier molecular flexibility index (Phi) is 5.81. The SMILES string of the molecule is CC(=O)Nc1cccc(Nc2cnnc(NCCN(C)C)n2)c1. The van der Waals surface area contributed by atoms with E-state index in [2.05, 4.69) is 36.0 Å². The smallest absolute Gasteiger partial charge is 0.244 e. The van der Waals surface area contributed by atoms with E-state index >= 15 is 0 Å². The van der Waals surface area contributed by atoms with E-state index in [9.17, 15) is 4.79 Å². The zero-order valence-corrected chi connectivity index (χ0v) is 13.5. The molecule has 2 rings (SSSR count). The summed E-state index contributed by atoms with van der Waals surface area (Å²) in [4.78, 5) is 17.5. The van der Waals surface area contributed by atoms with E-state index in [0.29, 0.717) is 17.5 Å². The number of amides is 1. The highest BCUT2D eigenvalue weighted by atomic mass is 16.1. The Bertz CT molecular complexity index is 660. The molecule has 0 saturated carbocycles. The van der Waals surface area contributed by atoms with Gasteiger partial charge in [0.1, 0.15) is 0 Å². The van der Waals surface area contributed by atoms with Gasteiger partial charge in [0.2, 0.25) is 11.9 Å². The molecule has 8 nitrogen and oxygen atoms in total. The minimum absolute atomic E-state index is 0.113. The van der Waals surface area contributed by atoms with Crippen LogP contribution in [0.3, 0.4) is 0 Å². The first-order valence-corrected chi connectivity index (χ1v) is 7.26. The molecule has 2 aromatic rings. The van der Waals surface area contributed by atoms with Gasteiger partial charge in [-0.15, -0.1) is 5.10 Å². The molecule has 1 heterocycles. The predicted molar refractivity (Wildman–Crippen MR) is 90.9 cm³/mol. The van der Waals surface area contributed by atoms with Gasteiger partial charge in [0.15, 0.2) is 5.82 Å². The van der Waals surface area contributed by atoms with E-state index in [1.165, 1.54) is 6.92 Å². The molecule has 23 heavy (non-hydrogen) atoms. The highest BCUT2D eigenvalue weighted by Crippen LogP contribution is 2.18. The first-order valence-electron chi connectivity index (χ1n) is 7.26. The van der Waals surface area contributed by atoms with Crippen LogP contribution in [0.25, 0.3) is 0 Å². The maximum Gasteiger partial charge on any atom is 0.244 e. The van der Waals surface area contributed by atoms with Gasteiger partial charge in [-0.1, -0.05) is 6.07 Å². The largest absolute Gasteiger partial charge is 0.352 e. The molecule has 8 heteroatoms. The van der Waals surface area contributed by atoms with Gasteiger partial charge in [0.05, 0.1) is 6.20 Å². The lowest BCUT2D eigenvalue weighted by molar-refractivity contribution is -0.114. The second-order valence-corrected chi connectivity index (χ2v) is 5.28. The van der Waals surface area contributed by atoms with Crippen LogP contribution in [-0.2, 0) is 4.79 Å². The van der Waals surface area contributed by atoms with Gasteiger partial charge >= 0.3 is 0 Å². The lowest BCUT2D eigenvalue weighted by atomic mass is 10.2. The van der Waals surface area contributed by atoms with Crippen molar-refractivity contribution in [3.05, 3.63) is 30.5 Å². The van der Waals surface area contributed by atoms with Crippen molar-refractivity contribution in [3.63, 3.8) is 0 Å². The molecule has 0 spiro atoms. The second kappa shape index (κ2) is 8.04. The fraction of sp³-hybridized carbons (Fsp3) is 0.333. The van der Waals surface area contributed by atoms with Crippen molar-refractivity contribution in [1.82, 2.24) is 20.1 Å².